The highest BCUT2D eigenvalue weighted by molar-refractivity contribution is 9.10. The number of alkyl halides is 3. The second-order valence-corrected chi connectivity index (χ2v) is 9.01. The maximum atomic E-state index is 13.1. The summed E-state index contributed by atoms with van der Waals surface area (Å²) in [4.78, 5) is 12.3. The van der Waals surface area contributed by atoms with Crippen molar-refractivity contribution in [2.75, 3.05) is 5.75 Å². The number of carbonyl (C=O) groups excluding carboxylic acids is 1. The van der Waals surface area contributed by atoms with Crippen molar-refractivity contribution in [3.05, 3.63) is 94.5 Å². The van der Waals surface area contributed by atoms with Crippen molar-refractivity contribution in [3.8, 4) is 17.1 Å². The summed E-state index contributed by atoms with van der Waals surface area (Å²) in [6.07, 6.45) is -3.54. The fourth-order valence-corrected chi connectivity index (χ4v) is 4.17. The van der Waals surface area contributed by atoms with E-state index in [9.17, 15) is 18.0 Å². The molecule has 3 aromatic carbocycles. The van der Waals surface area contributed by atoms with Crippen molar-refractivity contribution >= 4 is 39.8 Å². The molecular formula is C24H17BrF3N5OS. The SMILES string of the molecule is O=C(CSc1nnc(-c2ccc(Br)cc2)n1-c1ccccc1)N/N=C\c1ccccc1C(F)(F)F. The van der Waals surface area contributed by atoms with E-state index >= 15 is 0 Å². The summed E-state index contributed by atoms with van der Waals surface area (Å²) in [6.45, 7) is 0. The van der Waals surface area contributed by atoms with Crippen LogP contribution in [-0.2, 0) is 11.0 Å². The first kappa shape index (κ1) is 24.7. The van der Waals surface area contributed by atoms with Gasteiger partial charge in [-0.1, -0.05) is 76.2 Å². The van der Waals surface area contributed by atoms with E-state index in [-0.39, 0.29) is 11.3 Å². The van der Waals surface area contributed by atoms with Crippen molar-refractivity contribution < 1.29 is 18.0 Å². The Hall–Kier alpha value is -3.44. The first-order valence-corrected chi connectivity index (χ1v) is 12.0. The molecule has 35 heavy (non-hydrogen) atoms. The Bertz CT molecular complexity index is 1340. The van der Waals surface area contributed by atoms with Crippen LogP contribution < -0.4 is 5.43 Å². The van der Waals surface area contributed by atoms with E-state index in [2.05, 4.69) is 36.7 Å². The van der Waals surface area contributed by atoms with Crippen molar-refractivity contribution in [2.24, 2.45) is 5.10 Å². The smallest absolute Gasteiger partial charge is 0.272 e. The lowest BCUT2D eigenvalue weighted by atomic mass is 10.1. The zero-order valence-corrected chi connectivity index (χ0v) is 20.3. The molecule has 0 saturated carbocycles. The van der Waals surface area contributed by atoms with Gasteiger partial charge in [-0.15, -0.1) is 10.2 Å². The maximum Gasteiger partial charge on any atom is 0.417 e. The third kappa shape index (κ3) is 6.17. The van der Waals surface area contributed by atoms with Crippen LogP contribution in [0, 0.1) is 0 Å². The number of nitrogens with one attached hydrogen (secondary N) is 1. The molecule has 1 amide bonds. The molecule has 0 fully saturated rings. The molecule has 0 radical (unpaired) electrons. The second-order valence-electron chi connectivity index (χ2n) is 7.15. The summed E-state index contributed by atoms with van der Waals surface area (Å²) in [5, 5.41) is 12.7. The minimum atomic E-state index is -4.52. The molecule has 11 heteroatoms. The summed E-state index contributed by atoms with van der Waals surface area (Å²) in [5.41, 5.74) is 2.95. The van der Waals surface area contributed by atoms with Crippen LogP contribution in [0.1, 0.15) is 11.1 Å². The van der Waals surface area contributed by atoms with E-state index in [1.807, 2.05) is 59.2 Å². The Morgan fingerprint density at radius 1 is 1.00 bits per heavy atom. The summed E-state index contributed by atoms with van der Waals surface area (Å²) in [6, 6.07) is 22.1. The van der Waals surface area contributed by atoms with Gasteiger partial charge in [0.1, 0.15) is 0 Å². The van der Waals surface area contributed by atoms with Gasteiger partial charge in [-0.3, -0.25) is 9.36 Å². The van der Waals surface area contributed by atoms with Crippen LogP contribution >= 0.6 is 27.7 Å². The number of hydrogen-bond donors (Lipinski definition) is 1. The molecule has 1 aromatic heterocycles. The standard InChI is InChI=1S/C24H17BrF3N5OS/c25-18-12-10-16(11-13-18)22-31-32-23(33(22)19-7-2-1-3-8-19)35-15-21(34)30-29-14-17-6-4-5-9-20(17)24(26,27)28/h1-14H,15H2,(H,30,34)/b29-14-. The molecule has 0 saturated heterocycles. The molecule has 4 rings (SSSR count). The number of carbonyl (C=O) groups is 1. The second kappa shape index (κ2) is 10.9. The van der Waals surface area contributed by atoms with Gasteiger partial charge in [-0.25, -0.2) is 5.43 Å². The zero-order chi connectivity index (χ0) is 24.8. The molecule has 0 aliphatic heterocycles. The van der Waals surface area contributed by atoms with Gasteiger partial charge in [0.25, 0.3) is 5.91 Å². The number of hydrogen-bond acceptors (Lipinski definition) is 5. The highest BCUT2D eigenvalue weighted by Gasteiger charge is 2.32. The van der Waals surface area contributed by atoms with Crippen LogP contribution in [0.15, 0.2) is 93.6 Å². The molecule has 4 aromatic rings. The average Bonchev–Trinajstić information content (AvgIpc) is 3.27. The number of para-hydroxylation sites is 1. The molecule has 6 nitrogen and oxygen atoms in total. The number of aromatic nitrogens is 3. The third-order valence-electron chi connectivity index (χ3n) is 4.74. The largest absolute Gasteiger partial charge is 0.417 e. The Morgan fingerprint density at radius 2 is 1.69 bits per heavy atom. The van der Waals surface area contributed by atoms with Crippen LogP contribution in [0.4, 0.5) is 13.2 Å². The van der Waals surface area contributed by atoms with E-state index in [1.54, 1.807) is 0 Å². The molecule has 0 spiro atoms. The van der Waals surface area contributed by atoms with Crippen LogP contribution in [0.3, 0.4) is 0 Å². The average molecular weight is 560 g/mol. The minimum Gasteiger partial charge on any atom is -0.272 e. The molecule has 0 atom stereocenters. The Labute approximate surface area is 211 Å². The van der Waals surface area contributed by atoms with Gasteiger partial charge in [0, 0.05) is 21.3 Å². The van der Waals surface area contributed by atoms with E-state index in [1.165, 1.54) is 18.2 Å². The lowest BCUT2D eigenvalue weighted by Crippen LogP contribution is -2.20. The number of halogens is 4. The predicted molar refractivity (Wildman–Crippen MR) is 132 cm³/mol. The van der Waals surface area contributed by atoms with Crippen LogP contribution in [0.5, 0.6) is 0 Å². The highest BCUT2D eigenvalue weighted by Crippen LogP contribution is 2.31. The van der Waals surface area contributed by atoms with Crippen molar-refractivity contribution in [3.63, 3.8) is 0 Å². The summed E-state index contributed by atoms with van der Waals surface area (Å²) in [7, 11) is 0. The molecular weight excluding hydrogens is 543 g/mol. The van der Waals surface area contributed by atoms with Gasteiger partial charge < -0.3 is 0 Å². The number of amides is 1. The van der Waals surface area contributed by atoms with Crippen molar-refractivity contribution in [1.82, 2.24) is 20.2 Å². The van der Waals surface area contributed by atoms with E-state index in [4.69, 9.17) is 0 Å². The fourth-order valence-electron chi connectivity index (χ4n) is 3.16. The molecule has 1 heterocycles. The van der Waals surface area contributed by atoms with Crippen LogP contribution in [0.25, 0.3) is 17.1 Å². The Morgan fingerprint density at radius 3 is 2.40 bits per heavy atom. The van der Waals surface area contributed by atoms with Gasteiger partial charge in [0.05, 0.1) is 17.5 Å². The molecule has 0 aliphatic carbocycles. The quantitative estimate of drug-likeness (QED) is 0.172. The van der Waals surface area contributed by atoms with Gasteiger partial charge in [0.2, 0.25) is 0 Å². The first-order chi connectivity index (χ1) is 16.8. The van der Waals surface area contributed by atoms with E-state index in [0.29, 0.717) is 11.0 Å². The van der Waals surface area contributed by atoms with Gasteiger partial charge in [-0.2, -0.15) is 18.3 Å². The molecule has 178 valence electrons. The van der Waals surface area contributed by atoms with Crippen LogP contribution in [-0.4, -0.2) is 32.6 Å². The predicted octanol–water partition coefficient (Wildman–Crippen LogP) is 5.96. The monoisotopic (exact) mass is 559 g/mol. The van der Waals surface area contributed by atoms with E-state index in [0.717, 1.165) is 39.8 Å². The van der Waals surface area contributed by atoms with Gasteiger partial charge in [-0.05, 0) is 30.3 Å². The highest BCUT2D eigenvalue weighted by atomic mass is 79.9. The van der Waals surface area contributed by atoms with Crippen molar-refractivity contribution in [2.45, 2.75) is 11.3 Å². The summed E-state index contributed by atoms with van der Waals surface area (Å²) in [5.74, 6) is 0.0424. The number of rotatable bonds is 7. The number of thioether (sulfide) groups is 1. The number of hydrazone groups is 1. The van der Waals surface area contributed by atoms with Gasteiger partial charge in [0.15, 0.2) is 11.0 Å². The fraction of sp³-hybridized carbons (Fsp3) is 0.0833. The van der Waals surface area contributed by atoms with Crippen LogP contribution in [0.2, 0.25) is 0 Å². The Kier molecular flexibility index (Phi) is 7.67. The lowest BCUT2D eigenvalue weighted by Gasteiger charge is -2.10. The third-order valence-corrected chi connectivity index (χ3v) is 6.20. The number of benzene rings is 3. The molecule has 0 bridgehead atoms. The lowest BCUT2D eigenvalue weighted by molar-refractivity contribution is -0.137. The summed E-state index contributed by atoms with van der Waals surface area (Å²) < 4.78 is 42.0. The zero-order valence-electron chi connectivity index (χ0n) is 17.9. The maximum absolute atomic E-state index is 13.1. The number of nitrogens with zero attached hydrogens (tertiary/aromatic N) is 4. The topological polar surface area (TPSA) is 72.2 Å². The van der Waals surface area contributed by atoms with Gasteiger partial charge >= 0.3 is 6.18 Å². The summed E-state index contributed by atoms with van der Waals surface area (Å²) >= 11 is 4.55. The van der Waals surface area contributed by atoms with Crippen molar-refractivity contribution in [1.29, 1.82) is 0 Å². The molecule has 0 aliphatic rings. The van der Waals surface area contributed by atoms with E-state index < -0.39 is 17.6 Å². The first-order valence-electron chi connectivity index (χ1n) is 10.2. The minimum absolute atomic E-state index is 0.0659. The molecule has 1 N–H and O–H groups in total. The Balaban J connectivity index is 1.49. The normalized spacial score (nSPS) is 11.7. The molecule has 0 unspecified atom stereocenters.